The minimum atomic E-state index is 0.949. The van der Waals surface area contributed by atoms with Gasteiger partial charge in [-0.3, -0.25) is 15.0 Å². The molecular weight excluding hydrogens is 370 g/mol. The number of aromatic nitrogens is 5. The molecule has 0 unspecified atom stereocenters. The van der Waals surface area contributed by atoms with Crippen LogP contribution in [0.1, 0.15) is 0 Å². The van der Waals surface area contributed by atoms with Gasteiger partial charge in [-0.2, -0.15) is 0 Å². The van der Waals surface area contributed by atoms with E-state index in [1.54, 1.807) is 18.7 Å². The lowest BCUT2D eigenvalue weighted by molar-refractivity contribution is 1.22. The van der Waals surface area contributed by atoms with Gasteiger partial charge in [0.1, 0.15) is 6.33 Å². The molecule has 0 saturated carbocycles. The van der Waals surface area contributed by atoms with Crippen LogP contribution in [0, 0.1) is 0 Å². The number of para-hydroxylation sites is 4. The molecule has 0 bridgehead atoms. The summed E-state index contributed by atoms with van der Waals surface area (Å²) in [5, 5.41) is 2.29. The Hall–Kier alpha value is -4.25. The van der Waals surface area contributed by atoms with Gasteiger partial charge in [0.15, 0.2) is 0 Å². The van der Waals surface area contributed by atoms with Gasteiger partial charge in [0.05, 0.1) is 22.1 Å². The Morgan fingerprint density at radius 3 is 1.53 bits per heavy atom. The Morgan fingerprint density at radius 2 is 0.900 bits per heavy atom. The van der Waals surface area contributed by atoms with Crippen molar-refractivity contribution in [2.24, 2.45) is 0 Å². The summed E-state index contributed by atoms with van der Waals surface area (Å²) < 4.78 is 0. The average Bonchev–Trinajstić information content (AvgIpc) is 2.85. The molecule has 144 valence electrons. The molecule has 0 atom stereocenters. The van der Waals surface area contributed by atoms with Crippen molar-refractivity contribution in [3.63, 3.8) is 0 Å². The number of hydrogen-bond acceptors (Lipinski definition) is 5. The first kappa shape index (κ1) is 19.1. The second kappa shape index (κ2) is 9.80. The van der Waals surface area contributed by atoms with E-state index in [0.29, 0.717) is 0 Å². The van der Waals surface area contributed by atoms with Gasteiger partial charge >= 0.3 is 0 Å². The predicted molar refractivity (Wildman–Crippen MR) is 121 cm³/mol. The molecule has 0 aliphatic rings. The normalized spacial score (nSPS) is 10.0. The van der Waals surface area contributed by atoms with E-state index in [0.717, 1.165) is 27.5 Å². The van der Waals surface area contributed by atoms with Gasteiger partial charge in [0.25, 0.3) is 0 Å². The topological polar surface area (TPSA) is 64.5 Å². The molecule has 6 aromatic rings. The van der Waals surface area contributed by atoms with Crippen molar-refractivity contribution in [2.75, 3.05) is 0 Å². The van der Waals surface area contributed by atoms with E-state index in [-0.39, 0.29) is 0 Å². The summed E-state index contributed by atoms with van der Waals surface area (Å²) in [6, 6.07) is 27.8. The molecule has 0 aliphatic heterocycles. The molecule has 0 fully saturated rings. The fourth-order valence-electron chi connectivity index (χ4n) is 2.85. The largest absolute Gasteiger partial charge is 0.256 e. The molecule has 3 aromatic heterocycles. The third-order valence-electron chi connectivity index (χ3n) is 4.30. The first-order valence-electron chi connectivity index (χ1n) is 9.50. The van der Waals surface area contributed by atoms with Crippen LogP contribution in [0.25, 0.3) is 32.8 Å². The van der Waals surface area contributed by atoms with Crippen molar-refractivity contribution in [1.29, 1.82) is 0 Å². The number of nitrogens with zero attached hydrogens (tertiary/aromatic N) is 5. The van der Waals surface area contributed by atoms with Gasteiger partial charge in [-0.25, -0.2) is 9.97 Å². The minimum Gasteiger partial charge on any atom is -0.256 e. The summed E-state index contributed by atoms with van der Waals surface area (Å²) >= 11 is 0. The molecule has 6 rings (SSSR count). The average molecular weight is 389 g/mol. The highest BCUT2D eigenvalue weighted by Gasteiger charge is 1.89. The Labute approximate surface area is 174 Å². The quantitative estimate of drug-likeness (QED) is 0.343. The second-order valence-electron chi connectivity index (χ2n) is 6.32. The highest BCUT2D eigenvalue weighted by atomic mass is 14.8. The van der Waals surface area contributed by atoms with Gasteiger partial charge in [-0.1, -0.05) is 54.6 Å². The lowest BCUT2D eigenvalue weighted by Gasteiger charge is -1.91. The van der Waals surface area contributed by atoms with E-state index >= 15 is 0 Å². The van der Waals surface area contributed by atoms with Crippen LogP contribution in [0.2, 0.25) is 0 Å². The van der Waals surface area contributed by atoms with E-state index in [1.165, 1.54) is 5.39 Å². The van der Waals surface area contributed by atoms with Gasteiger partial charge in [-0.05, 0) is 30.3 Å². The minimum absolute atomic E-state index is 0.949. The lowest BCUT2D eigenvalue weighted by atomic mass is 10.2. The third kappa shape index (κ3) is 4.97. The summed E-state index contributed by atoms with van der Waals surface area (Å²) in [7, 11) is 0. The van der Waals surface area contributed by atoms with Crippen LogP contribution in [-0.4, -0.2) is 24.9 Å². The Morgan fingerprint density at radius 1 is 0.400 bits per heavy atom. The highest BCUT2D eigenvalue weighted by molar-refractivity contribution is 5.78. The number of hydrogen-bond donors (Lipinski definition) is 0. The Kier molecular flexibility index (Phi) is 6.23. The molecular formula is C25H19N5. The van der Waals surface area contributed by atoms with Crippen molar-refractivity contribution < 1.29 is 0 Å². The highest BCUT2D eigenvalue weighted by Crippen LogP contribution is 2.08. The van der Waals surface area contributed by atoms with E-state index in [2.05, 4.69) is 37.1 Å². The van der Waals surface area contributed by atoms with Crippen molar-refractivity contribution >= 4 is 32.8 Å². The van der Waals surface area contributed by atoms with Crippen molar-refractivity contribution in [2.45, 2.75) is 0 Å². The summed E-state index contributed by atoms with van der Waals surface area (Å²) in [5.74, 6) is 0. The van der Waals surface area contributed by atoms with E-state index in [1.807, 2.05) is 85.2 Å². The Bertz CT molecular complexity index is 1000. The fourth-order valence-corrected chi connectivity index (χ4v) is 2.85. The predicted octanol–water partition coefficient (Wildman–Crippen LogP) is 5.49. The molecule has 0 N–H and O–H groups in total. The van der Waals surface area contributed by atoms with Crippen LogP contribution in [-0.2, 0) is 0 Å². The molecule has 30 heavy (non-hydrogen) atoms. The van der Waals surface area contributed by atoms with Gasteiger partial charge in [0.2, 0.25) is 0 Å². The molecule has 0 amide bonds. The van der Waals surface area contributed by atoms with Crippen LogP contribution in [0.5, 0.6) is 0 Å². The first-order chi connectivity index (χ1) is 14.9. The molecule has 0 saturated heterocycles. The number of pyridine rings is 1. The van der Waals surface area contributed by atoms with Crippen molar-refractivity contribution in [3.05, 3.63) is 116 Å². The zero-order chi connectivity index (χ0) is 20.4. The maximum absolute atomic E-state index is 4.18. The van der Waals surface area contributed by atoms with Crippen LogP contribution >= 0.6 is 0 Å². The standard InChI is InChI=1S/C9H7N.2C8H6N2/c1-2-6-9-8(4-1)5-3-7-10-9;1-2-4-8-7(3-1)5-9-6-10-8;1-2-4-8-7(3-1)9-5-6-10-8/h1-7H;2*1-6H. The smallest absolute Gasteiger partial charge is 0.116 e. The summed E-state index contributed by atoms with van der Waals surface area (Å²) in [5.41, 5.74) is 3.96. The monoisotopic (exact) mass is 389 g/mol. The molecule has 3 aromatic carbocycles. The van der Waals surface area contributed by atoms with Crippen LogP contribution in [0.3, 0.4) is 0 Å². The third-order valence-corrected chi connectivity index (χ3v) is 4.30. The van der Waals surface area contributed by atoms with Gasteiger partial charge in [-0.15, -0.1) is 0 Å². The van der Waals surface area contributed by atoms with E-state index in [4.69, 9.17) is 0 Å². The first-order valence-corrected chi connectivity index (χ1v) is 9.50. The maximum atomic E-state index is 4.18. The number of fused-ring (bicyclic) bond motifs is 3. The summed E-state index contributed by atoms with van der Waals surface area (Å²) in [6.45, 7) is 0. The summed E-state index contributed by atoms with van der Waals surface area (Å²) in [4.78, 5) is 20.4. The van der Waals surface area contributed by atoms with Crippen LogP contribution in [0.15, 0.2) is 116 Å². The SMILES string of the molecule is c1ccc2ncccc2c1.c1ccc2nccnc2c1.c1ccc2ncncc2c1. The van der Waals surface area contributed by atoms with E-state index < -0.39 is 0 Å². The van der Waals surface area contributed by atoms with E-state index in [9.17, 15) is 0 Å². The van der Waals surface area contributed by atoms with Gasteiger partial charge in [0, 0.05) is 35.6 Å². The molecule has 5 nitrogen and oxygen atoms in total. The molecule has 0 spiro atoms. The zero-order valence-electron chi connectivity index (χ0n) is 16.2. The van der Waals surface area contributed by atoms with Crippen molar-refractivity contribution in [1.82, 2.24) is 24.9 Å². The second-order valence-corrected chi connectivity index (χ2v) is 6.32. The Balaban J connectivity index is 0.000000109. The number of rotatable bonds is 0. The maximum Gasteiger partial charge on any atom is 0.116 e. The van der Waals surface area contributed by atoms with Crippen LogP contribution < -0.4 is 0 Å². The van der Waals surface area contributed by atoms with Crippen LogP contribution in [0.4, 0.5) is 0 Å². The lowest BCUT2D eigenvalue weighted by Crippen LogP contribution is -1.78. The molecule has 0 radical (unpaired) electrons. The van der Waals surface area contributed by atoms with Crippen molar-refractivity contribution in [3.8, 4) is 0 Å². The fraction of sp³-hybridized carbons (Fsp3) is 0. The molecule has 0 aliphatic carbocycles. The zero-order valence-corrected chi connectivity index (χ0v) is 16.2. The summed E-state index contributed by atoms with van der Waals surface area (Å²) in [6.07, 6.45) is 8.57. The number of benzene rings is 3. The molecule has 3 heterocycles. The molecule has 5 heteroatoms. The van der Waals surface area contributed by atoms with Gasteiger partial charge < -0.3 is 0 Å².